The van der Waals surface area contributed by atoms with Crippen LogP contribution in [-0.4, -0.2) is 11.6 Å². The van der Waals surface area contributed by atoms with Crippen LogP contribution >= 0.6 is 31.9 Å². The maximum Gasteiger partial charge on any atom is 0.271 e. The molecule has 3 nitrogen and oxygen atoms in total. The van der Waals surface area contributed by atoms with Gasteiger partial charge in [0.25, 0.3) is 5.91 Å². The molecule has 0 atom stereocenters. The molecular formula is C20H14Br2N2O. The number of hydrogen-bond acceptors (Lipinski definition) is 2. The largest absolute Gasteiger partial charge is 0.271 e. The molecule has 0 saturated heterocycles. The van der Waals surface area contributed by atoms with Crippen molar-refractivity contribution in [2.24, 2.45) is 5.10 Å². The summed E-state index contributed by atoms with van der Waals surface area (Å²) in [5.74, 6) is -0.256. The molecule has 5 heteroatoms. The molecule has 0 heterocycles. The minimum Gasteiger partial charge on any atom is -0.267 e. The summed E-state index contributed by atoms with van der Waals surface area (Å²) in [5, 5.41) is 4.40. The summed E-state index contributed by atoms with van der Waals surface area (Å²) in [5.41, 5.74) is 5.73. The zero-order valence-corrected chi connectivity index (χ0v) is 16.3. The molecule has 0 aliphatic rings. The Hall–Kier alpha value is -2.24. The number of carbonyl (C=O) groups excluding carboxylic acids is 1. The van der Waals surface area contributed by atoms with E-state index in [9.17, 15) is 4.79 Å². The number of nitrogens with zero attached hydrogens (tertiary/aromatic N) is 1. The average molecular weight is 458 g/mol. The molecule has 25 heavy (non-hydrogen) atoms. The molecule has 0 aliphatic carbocycles. The predicted molar refractivity (Wildman–Crippen MR) is 108 cm³/mol. The topological polar surface area (TPSA) is 41.5 Å². The molecule has 3 aromatic rings. The lowest BCUT2D eigenvalue weighted by molar-refractivity contribution is 0.0955. The highest BCUT2D eigenvalue weighted by Gasteiger charge is 2.11. The number of rotatable bonds is 4. The van der Waals surface area contributed by atoms with Crippen LogP contribution in [0.25, 0.3) is 0 Å². The van der Waals surface area contributed by atoms with E-state index >= 15 is 0 Å². The highest BCUT2D eigenvalue weighted by atomic mass is 79.9. The van der Waals surface area contributed by atoms with Gasteiger partial charge in [-0.25, -0.2) is 5.43 Å². The fraction of sp³-hybridized carbons (Fsp3) is 0. The second kappa shape index (κ2) is 8.23. The second-order valence-corrected chi connectivity index (χ2v) is 7.02. The lowest BCUT2D eigenvalue weighted by atomic mass is 10.0. The van der Waals surface area contributed by atoms with Gasteiger partial charge in [-0.1, -0.05) is 80.4 Å². The zero-order valence-electron chi connectivity index (χ0n) is 13.1. The van der Waals surface area contributed by atoms with Gasteiger partial charge in [0.2, 0.25) is 0 Å². The number of benzene rings is 3. The first kappa shape index (κ1) is 17.6. The Morgan fingerprint density at radius 2 is 1.40 bits per heavy atom. The van der Waals surface area contributed by atoms with E-state index in [1.54, 1.807) is 12.1 Å². The van der Waals surface area contributed by atoms with Crippen molar-refractivity contribution in [3.63, 3.8) is 0 Å². The van der Waals surface area contributed by atoms with Crippen molar-refractivity contribution < 1.29 is 4.79 Å². The lowest BCUT2D eigenvalue weighted by Gasteiger charge is -2.10. The van der Waals surface area contributed by atoms with E-state index in [1.807, 2.05) is 66.7 Å². The van der Waals surface area contributed by atoms with Crippen molar-refractivity contribution in [2.45, 2.75) is 0 Å². The van der Waals surface area contributed by atoms with Crippen molar-refractivity contribution in [2.75, 3.05) is 0 Å². The molecule has 124 valence electrons. The first-order valence-corrected chi connectivity index (χ1v) is 9.17. The molecule has 0 unspecified atom stereocenters. The molecule has 1 amide bonds. The van der Waals surface area contributed by atoms with E-state index in [-0.39, 0.29) is 5.91 Å². The Morgan fingerprint density at radius 1 is 0.760 bits per heavy atom. The number of hydrogen-bond donors (Lipinski definition) is 1. The maximum absolute atomic E-state index is 12.4. The summed E-state index contributed by atoms with van der Waals surface area (Å²) < 4.78 is 1.83. The third-order valence-electron chi connectivity index (χ3n) is 3.55. The van der Waals surface area contributed by atoms with Crippen LogP contribution in [0.2, 0.25) is 0 Å². The van der Waals surface area contributed by atoms with Crippen LogP contribution in [0.3, 0.4) is 0 Å². The third-order valence-corrected chi connectivity index (χ3v) is 4.77. The fourth-order valence-corrected chi connectivity index (χ4v) is 3.04. The lowest BCUT2D eigenvalue weighted by Crippen LogP contribution is -2.20. The fourth-order valence-electron chi connectivity index (χ4n) is 2.30. The first-order chi connectivity index (χ1) is 12.1. The van der Waals surface area contributed by atoms with Crippen LogP contribution in [-0.2, 0) is 0 Å². The van der Waals surface area contributed by atoms with E-state index < -0.39 is 0 Å². The molecule has 1 N–H and O–H groups in total. The quantitative estimate of drug-likeness (QED) is 0.414. The number of halogens is 2. The predicted octanol–water partition coefficient (Wildman–Crippen LogP) is 5.39. The summed E-state index contributed by atoms with van der Waals surface area (Å²) in [6.07, 6.45) is 0. The molecule has 0 aromatic heterocycles. The summed E-state index contributed by atoms with van der Waals surface area (Å²) in [7, 11) is 0. The van der Waals surface area contributed by atoms with Crippen molar-refractivity contribution in [3.05, 3.63) is 104 Å². The van der Waals surface area contributed by atoms with Crippen LogP contribution in [0.1, 0.15) is 21.5 Å². The Bertz CT molecular complexity index is 906. The number of hydrazone groups is 1. The van der Waals surface area contributed by atoms with Crippen molar-refractivity contribution in [1.82, 2.24) is 5.43 Å². The monoisotopic (exact) mass is 456 g/mol. The second-order valence-electron chi connectivity index (χ2n) is 5.25. The molecule has 0 spiro atoms. The van der Waals surface area contributed by atoms with Crippen LogP contribution in [0.5, 0.6) is 0 Å². The molecular weight excluding hydrogens is 444 g/mol. The van der Waals surface area contributed by atoms with Crippen molar-refractivity contribution >= 4 is 43.5 Å². The molecule has 0 bridgehead atoms. The Kier molecular flexibility index (Phi) is 5.79. The maximum atomic E-state index is 12.4. The van der Waals surface area contributed by atoms with Gasteiger partial charge in [0.05, 0.1) is 5.71 Å². The standard InChI is InChI=1S/C20H14Br2N2O/c21-16-12-10-15(11-13-16)20(25)24-23-19(14-6-2-1-3-7-14)17-8-4-5-9-18(17)22/h1-13H,(H,24,25). The highest BCUT2D eigenvalue weighted by Crippen LogP contribution is 2.20. The molecule has 0 fully saturated rings. The van der Waals surface area contributed by atoms with Gasteiger partial charge in [0.15, 0.2) is 0 Å². The van der Waals surface area contributed by atoms with Gasteiger partial charge < -0.3 is 0 Å². The van der Waals surface area contributed by atoms with Crippen LogP contribution < -0.4 is 5.43 Å². The van der Waals surface area contributed by atoms with Gasteiger partial charge in [-0.05, 0) is 30.3 Å². The minimum atomic E-state index is -0.256. The third kappa shape index (κ3) is 4.44. The molecule has 3 rings (SSSR count). The highest BCUT2D eigenvalue weighted by molar-refractivity contribution is 9.10. The van der Waals surface area contributed by atoms with E-state index in [2.05, 4.69) is 42.4 Å². The summed E-state index contributed by atoms with van der Waals surface area (Å²) in [6.45, 7) is 0. The summed E-state index contributed by atoms with van der Waals surface area (Å²) >= 11 is 6.92. The summed E-state index contributed by atoms with van der Waals surface area (Å²) in [6, 6.07) is 24.7. The van der Waals surface area contributed by atoms with Gasteiger partial charge in [-0.15, -0.1) is 0 Å². The van der Waals surface area contributed by atoms with E-state index in [4.69, 9.17) is 0 Å². The molecule has 0 saturated carbocycles. The number of amides is 1. The SMILES string of the molecule is O=C(NN=C(c1ccccc1)c1ccccc1Br)c1ccc(Br)cc1. The van der Waals surface area contributed by atoms with E-state index in [1.165, 1.54) is 0 Å². The van der Waals surface area contributed by atoms with Gasteiger partial charge in [0.1, 0.15) is 0 Å². The first-order valence-electron chi connectivity index (χ1n) is 7.59. The van der Waals surface area contributed by atoms with E-state index in [0.29, 0.717) is 11.3 Å². The summed E-state index contributed by atoms with van der Waals surface area (Å²) in [4.78, 5) is 12.4. The van der Waals surface area contributed by atoms with Gasteiger partial charge >= 0.3 is 0 Å². The Balaban J connectivity index is 1.94. The molecule has 3 aromatic carbocycles. The van der Waals surface area contributed by atoms with Gasteiger partial charge in [0, 0.05) is 25.6 Å². The Labute approximate surface area is 163 Å². The minimum absolute atomic E-state index is 0.256. The molecule has 0 radical (unpaired) electrons. The van der Waals surface area contributed by atoms with Crippen LogP contribution in [0.4, 0.5) is 0 Å². The number of nitrogens with one attached hydrogen (secondary N) is 1. The van der Waals surface area contributed by atoms with Crippen LogP contribution in [0, 0.1) is 0 Å². The smallest absolute Gasteiger partial charge is 0.267 e. The average Bonchev–Trinajstić information content (AvgIpc) is 2.64. The normalized spacial score (nSPS) is 11.2. The zero-order chi connectivity index (χ0) is 17.6. The van der Waals surface area contributed by atoms with E-state index in [0.717, 1.165) is 20.1 Å². The Morgan fingerprint density at radius 3 is 2.08 bits per heavy atom. The molecule has 0 aliphatic heterocycles. The number of carbonyl (C=O) groups is 1. The van der Waals surface area contributed by atoms with Gasteiger partial charge in [-0.3, -0.25) is 4.79 Å². The van der Waals surface area contributed by atoms with Gasteiger partial charge in [-0.2, -0.15) is 5.10 Å². The van der Waals surface area contributed by atoms with Crippen molar-refractivity contribution in [1.29, 1.82) is 0 Å². The van der Waals surface area contributed by atoms with Crippen molar-refractivity contribution in [3.8, 4) is 0 Å². The van der Waals surface area contributed by atoms with Crippen LogP contribution in [0.15, 0.2) is 92.9 Å².